The molecule has 4 aromatic rings. The molecule has 0 aliphatic carbocycles. The van der Waals surface area contributed by atoms with Crippen molar-refractivity contribution in [3.05, 3.63) is 98.1 Å². The number of aromatic nitrogens is 4. The van der Waals surface area contributed by atoms with Crippen molar-refractivity contribution < 1.29 is 0 Å². The fourth-order valence-electron chi connectivity index (χ4n) is 3.58. The topological polar surface area (TPSA) is 74.8 Å². The van der Waals surface area contributed by atoms with Gasteiger partial charge in [0.25, 0.3) is 5.56 Å². The molecular formula is C24H19N5OS. The van der Waals surface area contributed by atoms with Gasteiger partial charge in [0.05, 0.1) is 21.7 Å². The van der Waals surface area contributed by atoms with Crippen LogP contribution in [0.1, 0.15) is 26.6 Å². The Balaban J connectivity index is 1.29. The van der Waals surface area contributed by atoms with Crippen LogP contribution in [-0.2, 0) is 19.5 Å². The van der Waals surface area contributed by atoms with Crippen molar-refractivity contribution in [2.75, 3.05) is 6.54 Å². The Morgan fingerprint density at radius 1 is 1.06 bits per heavy atom. The van der Waals surface area contributed by atoms with E-state index in [1.54, 1.807) is 23.7 Å². The number of nitrogens with one attached hydrogen (secondary N) is 1. The van der Waals surface area contributed by atoms with Crippen LogP contribution in [0, 0.1) is 11.8 Å². The Hall–Kier alpha value is -3.60. The molecule has 7 heteroatoms. The van der Waals surface area contributed by atoms with E-state index in [1.165, 1.54) is 11.2 Å². The maximum Gasteiger partial charge on any atom is 0.255 e. The minimum atomic E-state index is -0.0888. The molecule has 0 saturated carbocycles. The molecule has 5 rings (SSSR count). The van der Waals surface area contributed by atoms with Gasteiger partial charge in [-0.25, -0.2) is 15.0 Å². The highest BCUT2D eigenvalue weighted by molar-refractivity contribution is 7.12. The van der Waals surface area contributed by atoms with Crippen LogP contribution < -0.4 is 5.56 Å². The van der Waals surface area contributed by atoms with Gasteiger partial charge in [0, 0.05) is 48.9 Å². The first-order valence-electron chi connectivity index (χ1n) is 10.0. The van der Waals surface area contributed by atoms with Crippen molar-refractivity contribution in [3.63, 3.8) is 0 Å². The monoisotopic (exact) mass is 425 g/mol. The van der Waals surface area contributed by atoms with Gasteiger partial charge < -0.3 is 4.98 Å². The molecule has 0 unspecified atom stereocenters. The second-order valence-electron chi connectivity index (χ2n) is 7.31. The third kappa shape index (κ3) is 4.45. The van der Waals surface area contributed by atoms with Crippen molar-refractivity contribution in [2.24, 2.45) is 0 Å². The minimum Gasteiger partial charge on any atom is -0.306 e. The summed E-state index contributed by atoms with van der Waals surface area (Å²) in [4.78, 5) is 32.8. The smallest absolute Gasteiger partial charge is 0.255 e. The highest BCUT2D eigenvalue weighted by Gasteiger charge is 2.22. The number of nitrogens with zero attached hydrogens (tertiary/aromatic N) is 4. The fraction of sp³-hybridized carbons (Fsp3) is 0.167. The van der Waals surface area contributed by atoms with Gasteiger partial charge in [0.15, 0.2) is 0 Å². The predicted octanol–water partition coefficient (Wildman–Crippen LogP) is 3.25. The Labute approximate surface area is 183 Å². The number of rotatable bonds is 3. The first kappa shape index (κ1) is 19.4. The van der Waals surface area contributed by atoms with Gasteiger partial charge in [0.1, 0.15) is 12.2 Å². The SMILES string of the molecule is O=c1[nH]c(-c2cncnc2)nc2c1CN(Cc1ccc(C#Cc3ccccc3)s1)CC2. The summed E-state index contributed by atoms with van der Waals surface area (Å²) < 4.78 is 0. The first-order chi connectivity index (χ1) is 15.2. The quantitative estimate of drug-likeness (QED) is 0.510. The van der Waals surface area contributed by atoms with Gasteiger partial charge in [-0.2, -0.15) is 0 Å². The summed E-state index contributed by atoms with van der Waals surface area (Å²) in [7, 11) is 0. The van der Waals surface area contributed by atoms with Crippen molar-refractivity contribution in [1.82, 2.24) is 24.8 Å². The maximum atomic E-state index is 12.7. The number of hydrogen-bond donors (Lipinski definition) is 1. The molecule has 0 spiro atoms. The zero-order valence-electron chi connectivity index (χ0n) is 16.7. The van der Waals surface area contributed by atoms with Gasteiger partial charge in [-0.05, 0) is 24.3 Å². The zero-order valence-corrected chi connectivity index (χ0v) is 17.5. The van der Waals surface area contributed by atoms with E-state index in [-0.39, 0.29) is 5.56 Å². The number of H-pyrrole nitrogens is 1. The lowest BCUT2D eigenvalue weighted by atomic mass is 10.1. The summed E-state index contributed by atoms with van der Waals surface area (Å²) in [6.07, 6.45) is 5.51. The highest BCUT2D eigenvalue weighted by Crippen LogP contribution is 2.22. The van der Waals surface area contributed by atoms with E-state index in [9.17, 15) is 4.79 Å². The molecule has 0 radical (unpaired) electrons. The summed E-state index contributed by atoms with van der Waals surface area (Å²) in [5.74, 6) is 6.97. The highest BCUT2D eigenvalue weighted by atomic mass is 32.1. The van der Waals surface area contributed by atoms with Crippen LogP contribution >= 0.6 is 11.3 Å². The predicted molar refractivity (Wildman–Crippen MR) is 120 cm³/mol. The van der Waals surface area contributed by atoms with Crippen molar-refractivity contribution in [1.29, 1.82) is 0 Å². The number of hydrogen-bond acceptors (Lipinski definition) is 6. The molecule has 3 aromatic heterocycles. The fourth-order valence-corrected chi connectivity index (χ4v) is 4.48. The summed E-state index contributed by atoms with van der Waals surface area (Å²) in [6.45, 7) is 2.24. The summed E-state index contributed by atoms with van der Waals surface area (Å²) in [5.41, 5.74) is 3.24. The zero-order chi connectivity index (χ0) is 21.0. The molecule has 1 aliphatic rings. The lowest BCUT2D eigenvalue weighted by molar-refractivity contribution is 0.244. The molecule has 152 valence electrons. The molecule has 0 bridgehead atoms. The van der Waals surface area contributed by atoms with Crippen LogP contribution in [0.5, 0.6) is 0 Å². The van der Waals surface area contributed by atoms with E-state index in [0.717, 1.165) is 41.2 Å². The van der Waals surface area contributed by atoms with E-state index in [0.29, 0.717) is 17.9 Å². The molecule has 1 aromatic carbocycles. The average molecular weight is 426 g/mol. The van der Waals surface area contributed by atoms with E-state index in [4.69, 9.17) is 0 Å². The first-order valence-corrected chi connectivity index (χ1v) is 10.8. The number of fused-ring (bicyclic) bond motifs is 1. The molecule has 0 amide bonds. The summed E-state index contributed by atoms with van der Waals surface area (Å²) in [6, 6.07) is 14.2. The number of aromatic amines is 1. The Morgan fingerprint density at radius 3 is 2.74 bits per heavy atom. The lowest BCUT2D eigenvalue weighted by Crippen LogP contribution is -2.35. The van der Waals surface area contributed by atoms with Crippen LogP contribution in [-0.4, -0.2) is 31.4 Å². The maximum absolute atomic E-state index is 12.7. The van der Waals surface area contributed by atoms with E-state index < -0.39 is 0 Å². The second-order valence-corrected chi connectivity index (χ2v) is 8.48. The molecule has 6 nitrogen and oxygen atoms in total. The average Bonchev–Trinajstić information content (AvgIpc) is 3.26. The normalized spacial score (nSPS) is 13.3. The number of benzene rings is 1. The Morgan fingerprint density at radius 2 is 1.90 bits per heavy atom. The van der Waals surface area contributed by atoms with Gasteiger partial charge in [-0.3, -0.25) is 9.69 Å². The van der Waals surface area contributed by atoms with Crippen LogP contribution in [0.4, 0.5) is 0 Å². The van der Waals surface area contributed by atoms with Crippen LogP contribution in [0.3, 0.4) is 0 Å². The molecule has 0 atom stereocenters. The molecule has 0 saturated heterocycles. The van der Waals surface area contributed by atoms with Crippen LogP contribution in [0.2, 0.25) is 0 Å². The van der Waals surface area contributed by atoms with Crippen LogP contribution in [0.15, 0.2) is 66.0 Å². The van der Waals surface area contributed by atoms with Crippen molar-refractivity contribution in [2.45, 2.75) is 19.5 Å². The van der Waals surface area contributed by atoms with E-state index >= 15 is 0 Å². The van der Waals surface area contributed by atoms with Gasteiger partial charge in [-0.15, -0.1) is 11.3 Å². The third-order valence-corrected chi connectivity index (χ3v) is 6.11. The Kier molecular flexibility index (Phi) is 5.40. The summed E-state index contributed by atoms with van der Waals surface area (Å²) >= 11 is 1.70. The third-order valence-electron chi connectivity index (χ3n) is 5.13. The number of thiophene rings is 1. The minimum absolute atomic E-state index is 0.0888. The second kappa shape index (κ2) is 8.64. The van der Waals surface area contributed by atoms with Gasteiger partial charge in [0.2, 0.25) is 0 Å². The molecule has 1 aliphatic heterocycles. The molecule has 31 heavy (non-hydrogen) atoms. The Bertz CT molecular complexity index is 1320. The van der Waals surface area contributed by atoms with Crippen molar-refractivity contribution in [3.8, 4) is 23.2 Å². The lowest BCUT2D eigenvalue weighted by Gasteiger charge is -2.27. The largest absolute Gasteiger partial charge is 0.306 e. The summed E-state index contributed by atoms with van der Waals surface area (Å²) in [5, 5.41) is 0. The molecule has 1 N–H and O–H groups in total. The molecule has 4 heterocycles. The standard InChI is InChI=1S/C24H19N5OS/c30-24-21-15-29(11-10-22(21)27-23(28-24)18-12-25-16-26-13-18)14-20-9-8-19(31-20)7-6-17-4-2-1-3-5-17/h1-5,8-9,12-13,16H,10-11,14-15H2,(H,27,28,30). The van der Waals surface area contributed by atoms with Gasteiger partial charge >= 0.3 is 0 Å². The molecular weight excluding hydrogens is 406 g/mol. The van der Waals surface area contributed by atoms with E-state index in [2.05, 4.69) is 48.8 Å². The molecule has 0 fully saturated rings. The van der Waals surface area contributed by atoms with Crippen molar-refractivity contribution >= 4 is 11.3 Å². The van der Waals surface area contributed by atoms with Gasteiger partial charge in [-0.1, -0.05) is 30.0 Å². The van der Waals surface area contributed by atoms with E-state index in [1.807, 2.05) is 30.3 Å². The van der Waals surface area contributed by atoms with Crippen LogP contribution in [0.25, 0.3) is 11.4 Å².